The van der Waals surface area contributed by atoms with Crippen molar-refractivity contribution in [1.29, 1.82) is 0 Å². The van der Waals surface area contributed by atoms with Crippen LogP contribution in [0.25, 0.3) is 0 Å². The van der Waals surface area contributed by atoms with Crippen LogP contribution in [-0.4, -0.2) is 67.2 Å². The summed E-state index contributed by atoms with van der Waals surface area (Å²) in [4.78, 5) is 31.3. The number of amides is 2. The zero-order valence-electron chi connectivity index (χ0n) is 22.2. The number of nitrogens with zero attached hydrogens (tertiary/aromatic N) is 4. The molecule has 11 nitrogen and oxygen atoms in total. The third-order valence-corrected chi connectivity index (χ3v) is 6.85. The predicted octanol–water partition coefficient (Wildman–Crippen LogP) is 2.80. The molecule has 0 bridgehead atoms. The standard InChI is InChI=1S/C26H41N7O4/c1-4-8-19-11-13-33(16-19)24(35)37-14-12-29-22(31-32-28)26(15-21(26)30-23(34)25(2,3)27)18-36-17-20-9-6-5-7-10-20/h5-7,9-10,19,21H,4,8,11-18,27H2,1-3H3,(H,30,34)(H2,28,29,31). The second-order valence-electron chi connectivity index (χ2n) is 10.5. The van der Waals surface area contributed by atoms with Gasteiger partial charge in [-0.15, -0.1) is 5.11 Å². The first kappa shape index (κ1) is 28.5. The Kier molecular flexibility index (Phi) is 9.99. The molecule has 1 saturated heterocycles. The maximum atomic E-state index is 12.5. The zero-order valence-corrected chi connectivity index (χ0v) is 22.2. The molecule has 1 aromatic carbocycles. The van der Waals surface area contributed by atoms with E-state index >= 15 is 0 Å². The monoisotopic (exact) mass is 515 g/mol. The lowest BCUT2D eigenvalue weighted by atomic mass is 10.0. The Balaban J connectivity index is 1.62. The molecular weight excluding hydrogens is 474 g/mol. The molecule has 5 N–H and O–H groups in total. The molecule has 2 aliphatic rings. The lowest BCUT2D eigenvalue weighted by molar-refractivity contribution is -0.125. The Morgan fingerprint density at radius 2 is 2.03 bits per heavy atom. The van der Waals surface area contributed by atoms with Crippen LogP contribution in [0.4, 0.5) is 4.79 Å². The van der Waals surface area contributed by atoms with Crippen LogP contribution in [0.2, 0.25) is 0 Å². The van der Waals surface area contributed by atoms with E-state index in [1.807, 2.05) is 30.3 Å². The van der Waals surface area contributed by atoms with Crippen LogP contribution in [0.1, 0.15) is 52.0 Å². The number of amidine groups is 1. The minimum Gasteiger partial charge on any atom is -0.447 e. The number of rotatable bonds is 12. The summed E-state index contributed by atoms with van der Waals surface area (Å²) in [6, 6.07) is 9.50. The minimum atomic E-state index is -1.04. The van der Waals surface area contributed by atoms with Crippen LogP contribution in [0.5, 0.6) is 0 Å². The van der Waals surface area contributed by atoms with Crippen molar-refractivity contribution < 1.29 is 19.1 Å². The lowest BCUT2D eigenvalue weighted by Crippen LogP contribution is -2.51. The fraction of sp³-hybridized carbons (Fsp3) is 0.654. The van der Waals surface area contributed by atoms with E-state index in [9.17, 15) is 9.59 Å². The topological polar surface area (TPSA) is 157 Å². The number of nitrogens with one attached hydrogen (secondary N) is 1. The fourth-order valence-corrected chi connectivity index (χ4v) is 4.60. The smallest absolute Gasteiger partial charge is 0.409 e. The summed E-state index contributed by atoms with van der Waals surface area (Å²) in [6.07, 6.45) is 3.48. The summed E-state index contributed by atoms with van der Waals surface area (Å²) in [5.41, 5.74) is 5.25. The number of benzene rings is 1. The maximum Gasteiger partial charge on any atom is 0.409 e. The summed E-state index contributed by atoms with van der Waals surface area (Å²) < 4.78 is 11.5. The van der Waals surface area contributed by atoms with Gasteiger partial charge in [-0.3, -0.25) is 9.79 Å². The van der Waals surface area contributed by atoms with Gasteiger partial charge in [-0.2, -0.15) is 0 Å². The molecule has 0 spiro atoms. The second-order valence-corrected chi connectivity index (χ2v) is 10.5. The van der Waals surface area contributed by atoms with E-state index in [2.05, 4.69) is 27.6 Å². The molecule has 204 valence electrons. The number of carbonyl (C=O) groups excluding carboxylic acids is 2. The van der Waals surface area contributed by atoms with Crippen molar-refractivity contribution in [3.63, 3.8) is 0 Å². The number of ether oxygens (including phenoxy) is 2. The molecule has 0 aromatic heterocycles. The van der Waals surface area contributed by atoms with Crippen molar-refractivity contribution in [2.75, 3.05) is 32.8 Å². The van der Waals surface area contributed by atoms with Gasteiger partial charge in [0.15, 0.2) is 5.84 Å². The van der Waals surface area contributed by atoms with E-state index in [0.717, 1.165) is 37.9 Å². The van der Waals surface area contributed by atoms with Crippen LogP contribution in [0.3, 0.4) is 0 Å². The van der Waals surface area contributed by atoms with E-state index in [1.165, 1.54) is 0 Å². The zero-order chi connectivity index (χ0) is 26.9. The summed E-state index contributed by atoms with van der Waals surface area (Å²) in [6.45, 7) is 7.84. The summed E-state index contributed by atoms with van der Waals surface area (Å²) in [5, 5.41) is 10.5. The second kappa shape index (κ2) is 13.0. The molecule has 1 heterocycles. The normalized spacial score (nSPS) is 23.9. The first-order chi connectivity index (χ1) is 17.7. The number of likely N-dealkylation sites (tertiary alicyclic amines) is 1. The average molecular weight is 516 g/mol. The number of aliphatic imine (C=N–C) groups is 1. The molecule has 3 unspecified atom stereocenters. The van der Waals surface area contributed by atoms with Gasteiger partial charge in [0.05, 0.1) is 30.7 Å². The van der Waals surface area contributed by atoms with E-state index in [0.29, 0.717) is 24.8 Å². The first-order valence-electron chi connectivity index (χ1n) is 13.0. The fourth-order valence-electron chi connectivity index (χ4n) is 4.60. The van der Waals surface area contributed by atoms with Crippen LogP contribution in [-0.2, 0) is 20.9 Å². The van der Waals surface area contributed by atoms with Gasteiger partial charge in [0, 0.05) is 19.1 Å². The summed E-state index contributed by atoms with van der Waals surface area (Å²) in [5.74, 6) is 6.01. The lowest BCUT2D eigenvalue weighted by Gasteiger charge is -2.21. The first-order valence-corrected chi connectivity index (χ1v) is 13.0. The molecule has 0 radical (unpaired) electrons. The van der Waals surface area contributed by atoms with Crippen molar-refractivity contribution in [3.05, 3.63) is 35.9 Å². The van der Waals surface area contributed by atoms with Crippen LogP contribution in [0, 0.1) is 11.3 Å². The van der Waals surface area contributed by atoms with Crippen molar-refractivity contribution in [2.45, 2.75) is 64.6 Å². The largest absolute Gasteiger partial charge is 0.447 e. The SMILES string of the molecule is CCCC1CCN(C(=O)OCCN=C(N=NN)C2(COCc3ccccc3)CC2NC(=O)C(C)(C)N)C1. The van der Waals surface area contributed by atoms with E-state index in [-0.39, 0.29) is 37.8 Å². The highest BCUT2D eigenvalue weighted by atomic mass is 16.6. The molecule has 1 aliphatic carbocycles. The molecule has 37 heavy (non-hydrogen) atoms. The third-order valence-electron chi connectivity index (χ3n) is 6.85. The highest BCUT2D eigenvalue weighted by Gasteiger charge is 2.60. The van der Waals surface area contributed by atoms with Gasteiger partial charge >= 0.3 is 6.09 Å². The number of hydrogen-bond acceptors (Lipinski definition) is 7. The van der Waals surface area contributed by atoms with E-state index in [4.69, 9.17) is 21.1 Å². The molecule has 1 aromatic rings. The molecule has 3 atom stereocenters. The molecular formula is C26H41N7O4. The molecule has 1 aliphatic heterocycles. The number of nitrogens with two attached hydrogens (primary N) is 2. The van der Waals surface area contributed by atoms with Gasteiger partial charge < -0.3 is 31.3 Å². The number of carbonyl (C=O) groups is 2. The summed E-state index contributed by atoms with van der Waals surface area (Å²) >= 11 is 0. The van der Waals surface area contributed by atoms with Gasteiger partial charge in [-0.1, -0.05) is 48.9 Å². The minimum absolute atomic E-state index is 0.102. The van der Waals surface area contributed by atoms with Crippen molar-refractivity contribution in [2.24, 2.45) is 38.2 Å². The Hall–Kier alpha value is -3.05. The van der Waals surface area contributed by atoms with Gasteiger partial charge in [0.2, 0.25) is 5.91 Å². The van der Waals surface area contributed by atoms with E-state index in [1.54, 1.807) is 18.7 Å². The molecule has 2 fully saturated rings. The highest BCUT2D eigenvalue weighted by Crippen LogP contribution is 2.48. The highest BCUT2D eigenvalue weighted by molar-refractivity contribution is 5.94. The van der Waals surface area contributed by atoms with E-state index < -0.39 is 11.0 Å². The Morgan fingerprint density at radius 1 is 1.27 bits per heavy atom. The third kappa shape index (κ3) is 7.96. The van der Waals surface area contributed by atoms with Gasteiger partial charge in [-0.25, -0.2) is 4.79 Å². The van der Waals surface area contributed by atoms with Crippen molar-refractivity contribution >= 4 is 17.8 Å². The van der Waals surface area contributed by atoms with Crippen molar-refractivity contribution in [3.8, 4) is 0 Å². The van der Waals surface area contributed by atoms with Gasteiger partial charge in [0.25, 0.3) is 0 Å². The Bertz CT molecular complexity index is 963. The Labute approximate surface area is 219 Å². The maximum absolute atomic E-state index is 12.5. The number of hydrogen-bond donors (Lipinski definition) is 3. The predicted molar refractivity (Wildman–Crippen MR) is 141 cm³/mol. The molecule has 11 heteroatoms. The van der Waals surface area contributed by atoms with Crippen molar-refractivity contribution in [1.82, 2.24) is 10.2 Å². The van der Waals surface area contributed by atoms with Gasteiger partial charge in [0.1, 0.15) is 6.61 Å². The molecule has 1 saturated carbocycles. The quantitative estimate of drug-likeness (QED) is 0.0970. The molecule has 3 rings (SSSR count). The summed E-state index contributed by atoms with van der Waals surface area (Å²) in [7, 11) is 0. The van der Waals surface area contributed by atoms with Crippen LogP contribution in [0.15, 0.2) is 45.7 Å². The van der Waals surface area contributed by atoms with Gasteiger partial charge in [-0.05, 0) is 44.6 Å². The average Bonchev–Trinajstić information content (AvgIpc) is 3.33. The van der Waals surface area contributed by atoms with Crippen LogP contribution < -0.4 is 16.9 Å². The Morgan fingerprint density at radius 3 is 2.70 bits per heavy atom. The van der Waals surface area contributed by atoms with Crippen LogP contribution >= 0.6 is 0 Å². The molecule has 2 amide bonds.